The van der Waals surface area contributed by atoms with Crippen LogP contribution in [-0.4, -0.2) is 69.8 Å². The summed E-state index contributed by atoms with van der Waals surface area (Å²) in [6.45, 7) is 2.78. The first-order chi connectivity index (χ1) is 12.6. The van der Waals surface area contributed by atoms with E-state index in [0.717, 1.165) is 42.9 Å². The van der Waals surface area contributed by atoms with Crippen molar-refractivity contribution in [3.63, 3.8) is 0 Å². The second kappa shape index (κ2) is 6.85. The summed E-state index contributed by atoms with van der Waals surface area (Å²) in [4.78, 5) is 17.0. The Morgan fingerprint density at radius 2 is 1.81 bits per heavy atom. The van der Waals surface area contributed by atoms with Gasteiger partial charge < -0.3 is 14.9 Å². The standard InChI is InChI=1S/C20H26N4O2/c1-23-13-9-20(26,10-14-23)19(25)24-11-7-16-17(8-12-24)21-22-18(16)15-5-3-2-4-6-15/h2-6,26H,7-14H2,1H3,(H,21,22). The Labute approximate surface area is 153 Å². The first-order valence-corrected chi connectivity index (χ1v) is 9.39. The summed E-state index contributed by atoms with van der Waals surface area (Å²) in [6, 6.07) is 10.1. The van der Waals surface area contributed by atoms with E-state index in [1.54, 1.807) is 0 Å². The van der Waals surface area contributed by atoms with Gasteiger partial charge in [0.1, 0.15) is 5.60 Å². The first kappa shape index (κ1) is 17.2. The van der Waals surface area contributed by atoms with Crippen LogP contribution in [-0.2, 0) is 17.6 Å². The molecule has 6 heteroatoms. The van der Waals surface area contributed by atoms with Gasteiger partial charge in [-0.1, -0.05) is 30.3 Å². The van der Waals surface area contributed by atoms with E-state index in [-0.39, 0.29) is 5.91 Å². The number of hydrogen-bond acceptors (Lipinski definition) is 4. The molecule has 0 aliphatic carbocycles. The van der Waals surface area contributed by atoms with E-state index in [0.29, 0.717) is 25.9 Å². The van der Waals surface area contributed by atoms with Crippen LogP contribution in [0.25, 0.3) is 11.3 Å². The highest BCUT2D eigenvalue weighted by atomic mass is 16.3. The Balaban J connectivity index is 1.50. The molecule has 1 fully saturated rings. The van der Waals surface area contributed by atoms with Gasteiger partial charge in [0.05, 0.1) is 5.69 Å². The van der Waals surface area contributed by atoms with Gasteiger partial charge in [-0.2, -0.15) is 5.10 Å². The molecule has 1 saturated heterocycles. The minimum Gasteiger partial charge on any atom is -0.380 e. The Morgan fingerprint density at radius 3 is 2.54 bits per heavy atom. The molecule has 3 heterocycles. The van der Waals surface area contributed by atoms with Crippen LogP contribution in [0.2, 0.25) is 0 Å². The zero-order chi connectivity index (χ0) is 18.1. The number of aliphatic hydroxyl groups is 1. The van der Waals surface area contributed by atoms with Gasteiger partial charge in [-0.05, 0) is 26.3 Å². The Morgan fingerprint density at radius 1 is 1.12 bits per heavy atom. The van der Waals surface area contributed by atoms with Crippen molar-refractivity contribution in [1.29, 1.82) is 0 Å². The zero-order valence-electron chi connectivity index (χ0n) is 15.2. The van der Waals surface area contributed by atoms with Crippen molar-refractivity contribution in [2.24, 2.45) is 0 Å². The van der Waals surface area contributed by atoms with Gasteiger partial charge in [-0.3, -0.25) is 9.89 Å². The number of piperidine rings is 1. The number of fused-ring (bicyclic) bond motifs is 1. The highest BCUT2D eigenvalue weighted by molar-refractivity contribution is 5.85. The molecule has 4 rings (SSSR count). The SMILES string of the molecule is CN1CCC(O)(C(=O)N2CCc3[nH]nc(-c4ccccc4)c3CC2)CC1. The van der Waals surface area contributed by atoms with E-state index in [1.807, 2.05) is 30.1 Å². The van der Waals surface area contributed by atoms with Gasteiger partial charge in [-0.15, -0.1) is 0 Å². The third-order valence-electron chi connectivity index (χ3n) is 5.76. The van der Waals surface area contributed by atoms with Crippen LogP contribution >= 0.6 is 0 Å². The number of hydrogen-bond donors (Lipinski definition) is 2. The predicted molar refractivity (Wildman–Crippen MR) is 99.7 cm³/mol. The second-order valence-corrected chi connectivity index (χ2v) is 7.52. The third-order valence-corrected chi connectivity index (χ3v) is 5.76. The summed E-state index contributed by atoms with van der Waals surface area (Å²) in [6.07, 6.45) is 2.54. The maximum atomic E-state index is 13.0. The maximum absolute atomic E-state index is 13.0. The Hall–Kier alpha value is -2.18. The summed E-state index contributed by atoms with van der Waals surface area (Å²) in [5, 5.41) is 18.5. The fourth-order valence-corrected chi connectivity index (χ4v) is 4.02. The Kier molecular flexibility index (Phi) is 4.54. The number of aromatic nitrogens is 2. The van der Waals surface area contributed by atoms with Crippen LogP contribution < -0.4 is 0 Å². The van der Waals surface area contributed by atoms with Crippen LogP contribution in [0.4, 0.5) is 0 Å². The molecule has 26 heavy (non-hydrogen) atoms. The van der Waals surface area contributed by atoms with E-state index >= 15 is 0 Å². The van der Waals surface area contributed by atoms with Gasteiger partial charge in [0.2, 0.25) is 0 Å². The van der Waals surface area contributed by atoms with Gasteiger partial charge in [-0.25, -0.2) is 0 Å². The van der Waals surface area contributed by atoms with Gasteiger partial charge in [0, 0.05) is 49.4 Å². The summed E-state index contributed by atoms with van der Waals surface area (Å²) in [5.41, 5.74) is 3.17. The summed E-state index contributed by atoms with van der Waals surface area (Å²) >= 11 is 0. The zero-order valence-corrected chi connectivity index (χ0v) is 15.2. The fraction of sp³-hybridized carbons (Fsp3) is 0.500. The number of rotatable bonds is 2. The van der Waals surface area contributed by atoms with Crippen molar-refractivity contribution in [1.82, 2.24) is 20.0 Å². The summed E-state index contributed by atoms with van der Waals surface area (Å²) < 4.78 is 0. The number of H-pyrrole nitrogens is 1. The molecule has 2 aromatic rings. The van der Waals surface area contributed by atoms with Crippen molar-refractivity contribution in [2.75, 3.05) is 33.2 Å². The quantitative estimate of drug-likeness (QED) is 0.856. The lowest BCUT2D eigenvalue weighted by molar-refractivity contribution is -0.155. The number of amides is 1. The minimum absolute atomic E-state index is 0.107. The average Bonchev–Trinajstić information content (AvgIpc) is 2.96. The molecule has 6 nitrogen and oxygen atoms in total. The van der Waals surface area contributed by atoms with E-state index in [4.69, 9.17) is 0 Å². The van der Waals surface area contributed by atoms with Gasteiger partial charge in [0.15, 0.2) is 0 Å². The number of carbonyl (C=O) groups excluding carboxylic acids is 1. The lowest BCUT2D eigenvalue weighted by Crippen LogP contribution is -2.54. The normalized spacial score (nSPS) is 20.5. The van der Waals surface area contributed by atoms with Crippen molar-refractivity contribution >= 4 is 5.91 Å². The molecule has 0 unspecified atom stereocenters. The number of nitrogens with one attached hydrogen (secondary N) is 1. The lowest BCUT2D eigenvalue weighted by Gasteiger charge is -2.38. The number of aromatic amines is 1. The van der Waals surface area contributed by atoms with Crippen LogP contribution in [0, 0.1) is 0 Å². The minimum atomic E-state index is -1.20. The van der Waals surface area contributed by atoms with E-state index in [9.17, 15) is 9.90 Å². The van der Waals surface area contributed by atoms with Crippen LogP contribution in [0.3, 0.4) is 0 Å². The van der Waals surface area contributed by atoms with Crippen molar-refractivity contribution < 1.29 is 9.90 Å². The molecular formula is C20H26N4O2. The molecule has 2 N–H and O–H groups in total. The van der Waals surface area contributed by atoms with Crippen LogP contribution in [0.1, 0.15) is 24.1 Å². The molecule has 2 aliphatic rings. The molecule has 138 valence electrons. The second-order valence-electron chi connectivity index (χ2n) is 7.52. The van der Waals surface area contributed by atoms with Crippen LogP contribution in [0.5, 0.6) is 0 Å². The number of nitrogens with zero attached hydrogens (tertiary/aromatic N) is 3. The highest BCUT2D eigenvalue weighted by Gasteiger charge is 2.41. The highest BCUT2D eigenvalue weighted by Crippen LogP contribution is 2.29. The third kappa shape index (κ3) is 3.15. The number of likely N-dealkylation sites (tertiary alicyclic amines) is 1. The van der Waals surface area contributed by atoms with Crippen molar-refractivity contribution in [3.05, 3.63) is 41.6 Å². The topological polar surface area (TPSA) is 72.5 Å². The van der Waals surface area contributed by atoms with Crippen molar-refractivity contribution in [3.8, 4) is 11.3 Å². The molecular weight excluding hydrogens is 328 g/mol. The molecule has 0 saturated carbocycles. The average molecular weight is 354 g/mol. The maximum Gasteiger partial charge on any atom is 0.254 e. The smallest absolute Gasteiger partial charge is 0.254 e. The molecule has 0 spiro atoms. The fourth-order valence-electron chi connectivity index (χ4n) is 4.02. The predicted octanol–water partition coefficient (Wildman–Crippen LogP) is 1.46. The lowest BCUT2D eigenvalue weighted by atomic mass is 9.90. The molecule has 2 aliphatic heterocycles. The molecule has 1 amide bonds. The molecule has 0 atom stereocenters. The van der Waals surface area contributed by atoms with E-state index in [1.165, 1.54) is 5.56 Å². The number of benzene rings is 1. The van der Waals surface area contributed by atoms with Crippen molar-refractivity contribution in [2.45, 2.75) is 31.3 Å². The summed E-state index contributed by atoms with van der Waals surface area (Å²) in [7, 11) is 2.03. The van der Waals surface area contributed by atoms with E-state index in [2.05, 4.69) is 27.2 Å². The number of carbonyl (C=O) groups is 1. The van der Waals surface area contributed by atoms with Gasteiger partial charge >= 0.3 is 0 Å². The summed E-state index contributed by atoms with van der Waals surface area (Å²) in [5.74, 6) is -0.107. The largest absolute Gasteiger partial charge is 0.380 e. The van der Waals surface area contributed by atoms with Crippen LogP contribution in [0.15, 0.2) is 30.3 Å². The molecule has 0 radical (unpaired) electrons. The molecule has 0 bridgehead atoms. The van der Waals surface area contributed by atoms with E-state index < -0.39 is 5.60 Å². The first-order valence-electron chi connectivity index (χ1n) is 9.39. The molecule has 1 aromatic carbocycles. The van der Waals surface area contributed by atoms with Gasteiger partial charge in [0.25, 0.3) is 5.91 Å². The Bertz CT molecular complexity index is 778. The monoisotopic (exact) mass is 354 g/mol. The molecule has 1 aromatic heterocycles.